The molecular formula is C21H26F3N3O2. The average molecular weight is 409 g/mol. The first kappa shape index (κ1) is 21.4. The number of oxazole rings is 1. The molecule has 8 heteroatoms. The van der Waals surface area contributed by atoms with Crippen molar-refractivity contribution in [2.75, 3.05) is 0 Å². The summed E-state index contributed by atoms with van der Waals surface area (Å²) in [6, 6.07) is 5.63. The topological polar surface area (TPSA) is 58.4 Å². The molecular weight excluding hydrogens is 383 g/mol. The van der Waals surface area contributed by atoms with Gasteiger partial charge in [-0.2, -0.15) is 13.2 Å². The van der Waals surface area contributed by atoms with Crippen molar-refractivity contribution in [2.24, 2.45) is 5.92 Å². The normalized spacial score (nSPS) is 15.7. The minimum Gasteiger partial charge on any atom is -0.447 e. The van der Waals surface area contributed by atoms with E-state index < -0.39 is 11.7 Å². The fourth-order valence-electron chi connectivity index (χ4n) is 2.99. The summed E-state index contributed by atoms with van der Waals surface area (Å²) in [7, 11) is 0. The monoisotopic (exact) mass is 409 g/mol. The van der Waals surface area contributed by atoms with Crippen LogP contribution in [0.4, 0.5) is 13.2 Å². The lowest BCUT2D eigenvalue weighted by Crippen LogP contribution is -2.36. The van der Waals surface area contributed by atoms with Gasteiger partial charge in [0.15, 0.2) is 5.69 Å². The van der Waals surface area contributed by atoms with Crippen molar-refractivity contribution in [1.82, 2.24) is 15.2 Å². The van der Waals surface area contributed by atoms with E-state index >= 15 is 0 Å². The summed E-state index contributed by atoms with van der Waals surface area (Å²) in [4.78, 5) is 18.4. The number of amides is 1. The van der Waals surface area contributed by atoms with Crippen LogP contribution in [0.5, 0.6) is 0 Å². The Morgan fingerprint density at radius 2 is 2.00 bits per heavy atom. The Balaban J connectivity index is 1.74. The third-order valence-corrected chi connectivity index (χ3v) is 5.22. The zero-order chi connectivity index (χ0) is 21.2. The van der Waals surface area contributed by atoms with Crippen LogP contribution < -0.4 is 5.32 Å². The summed E-state index contributed by atoms with van der Waals surface area (Å²) in [5.74, 6) is 0.377. The number of hydrogen-bond donors (Lipinski definition) is 1. The van der Waals surface area contributed by atoms with Crippen molar-refractivity contribution in [2.45, 2.75) is 65.0 Å². The number of hydrogen-bond acceptors (Lipinski definition) is 4. The first-order chi connectivity index (χ1) is 13.6. The molecule has 1 heterocycles. The molecule has 1 aromatic carbocycles. The van der Waals surface area contributed by atoms with Gasteiger partial charge in [0.1, 0.15) is 6.26 Å². The second-order valence-electron chi connectivity index (χ2n) is 7.96. The Morgan fingerprint density at radius 3 is 2.62 bits per heavy atom. The molecule has 1 aliphatic rings. The molecule has 1 amide bonds. The molecule has 0 radical (unpaired) electrons. The molecule has 29 heavy (non-hydrogen) atoms. The summed E-state index contributed by atoms with van der Waals surface area (Å²) < 4.78 is 44.6. The van der Waals surface area contributed by atoms with Crippen LogP contribution in [0.3, 0.4) is 0 Å². The van der Waals surface area contributed by atoms with Gasteiger partial charge in [0.2, 0.25) is 5.89 Å². The zero-order valence-corrected chi connectivity index (χ0v) is 16.8. The highest BCUT2D eigenvalue weighted by Crippen LogP contribution is 2.30. The summed E-state index contributed by atoms with van der Waals surface area (Å²) in [6.07, 6.45) is -1.09. The van der Waals surface area contributed by atoms with E-state index in [-0.39, 0.29) is 29.6 Å². The SMILES string of the molecule is CC(C)C(C)N(Cc1cccc(C(F)(F)F)c1)Cc1nc(C(=O)NC2CC2)co1. The fourth-order valence-corrected chi connectivity index (χ4v) is 2.99. The van der Waals surface area contributed by atoms with Crippen LogP contribution in [0, 0.1) is 5.92 Å². The third-order valence-electron chi connectivity index (χ3n) is 5.22. The van der Waals surface area contributed by atoms with Crippen molar-refractivity contribution >= 4 is 5.91 Å². The molecule has 1 unspecified atom stereocenters. The molecule has 3 rings (SSSR count). The maximum Gasteiger partial charge on any atom is 0.416 e. The van der Waals surface area contributed by atoms with Crippen LogP contribution in [-0.4, -0.2) is 27.9 Å². The van der Waals surface area contributed by atoms with E-state index in [1.54, 1.807) is 6.07 Å². The fraction of sp³-hybridized carbons (Fsp3) is 0.524. The van der Waals surface area contributed by atoms with E-state index in [2.05, 4.69) is 10.3 Å². The summed E-state index contributed by atoms with van der Waals surface area (Å²) in [6.45, 7) is 6.73. The van der Waals surface area contributed by atoms with Gasteiger partial charge in [0.05, 0.1) is 12.1 Å². The van der Waals surface area contributed by atoms with Crippen LogP contribution in [0.1, 0.15) is 61.1 Å². The highest BCUT2D eigenvalue weighted by atomic mass is 19.4. The second kappa shape index (κ2) is 8.57. The molecule has 1 aromatic heterocycles. The molecule has 1 saturated carbocycles. The summed E-state index contributed by atoms with van der Waals surface area (Å²) >= 11 is 0. The maximum atomic E-state index is 13.0. The minimum atomic E-state index is -4.38. The van der Waals surface area contributed by atoms with Gasteiger partial charge in [0, 0.05) is 18.6 Å². The lowest BCUT2D eigenvalue weighted by molar-refractivity contribution is -0.137. The Bertz CT molecular complexity index is 844. The molecule has 1 aliphatic carbocycles. The van der Waals surface area contributed by atoms with Crippen molar-refractivity contribution in [3.8, 4) is 0 Å². The standard InChI is InChI=1S/C21H26F3N3O2/c1-13(2)14(3)27(10-15-5-4-6-16(9-15)21(22,23)24)11-19-26-18(12-29-19)20(28)25-17-7-8-17/h4-6,9,12-14,17H,7-8,10-11H2,1-3H3,(H,25,28). The average Bonchev–Trinajstić information content (AvgIpc) is 3.34. The molecule has 1 N–H and O–H groups in total. The van der Waals surface area contributed by atoms with Crippen LogP contribution in [0.2, 0.25) is 0 Å². The number of rotatable bonds is 8. The second-order valence-corrected chi connectivity index (χ2v) is 7.96. The molecule has 0 saturated heterocycles. The number of carbonyl (C=O) groups excluding carboxylic acids is 1. The highest BCUT2D eigenvalue weighted by molar-refractivity contribution is 5.92. The van der Waals surface area contributed by atoms with Gasteiger partial charge in [-0.15, -0.1) is 0 Å². The minimum absolute atomic E-state index is 0.0696. The summed E-state index contributed by atoms with van der Waals surface area (Å²) in [5, 5.41) is 2.86. The van der Waals surface area contributed by atoms with E-state index in [1.165, 1.54) is 18.4 Å². The summed E-state index contributed by atoms with van der Waals surface area (Å²) in [5.41, 5.74) is 0.121. The number of nitrogens with zero attached hydrogens (tertiary/aromatic N) is 2. The Kier molecular flexibility index (Phi) is 6.31. The number of aromatic nitrogens is 1. The van der Waals surface area contributed by atoms with Crippen LogP contribution in [-0.2, 0) is 19.3 Å². The number of halogens is 3. The molecule has 0 aliphatic heterocycles. The van der Waals surface area contributed by atoms with Crippen molar-refractivity contribution < 1.29 is 22.4 Å². The number of nitrogens with one attached hydrogen (secondary N) is 1. The molecule has 1 fully saturated rings. The number of carbonyl (C=O) groups is 1. The smallest absolute Gasteiger partial charge is 0.416 e. The molecule has 0 spiro atoms. The first-order valence-corrected chi connectivity index (χ1v) is 9.79. The van der Waals surface area contributed by atoms with E-state index in [1.807, 2.05) is 25.7 Å². The predicted molar refractivity (Wildman–Crippen MR) is 102 cm³/mol. The first-order valence-electron chi connectivity index (χ1n) is 9.79. The van der Waals surface area contributed by atoms with Crippen LogP contribution >= 0.6 is 0 Å². The molecule has 1 atom stereocenters. The van der Waals surface area contributed by atoms with E-state index in [9.17, 15) is 18.0 Å². The maximum absolute atomic E-state index is 13.0. The zero-order valence-electron chi connectivity index (χ0n) is 16.8. The van der Waals surface area contributed by atoms with Crippen molar-refractivity contribution in [3.05, 3.63) is 53.2 Å². The Labute approximate surface area is 168 Å². The van der Waals surface area contributed by atoms with Gasteiger partial charge in [-0.25, -0.2) is 4.98 Å². The van der Waals surface area contributed by atoms with Crippen LogP contribution in [0.25, 0.3) is 0 Å². The van der Waals surface area contributed by atoms with E-state index in [0.717, 1.165) is 18.9 Å². The molecule has 158 valence electrons. The van der Waals surface area contributed by atoms with E-state index in [4.69, 9.17) is 4.42 Å². The largest absolute Gasteiger partial charge is 0.447 e. The van der Waals surface area contributed by atoms with Gasteiger partial charge in [-0.3, -0.25) is 9.69 Å². The van der Waals surface area contributed by atoms with Gasteiger partial charge >= 0.3 is 6.18 Å². The predicted octanol–water partition coefficient (Wildman–Crippen LogP) is 4.63. The Morgan fingerprint density at radius 1 is 1.28 bits per heavy atom. The highest BCUT2D eigenvalue weighted by Gasteiger charge is 2.31. The third kappa shape index (κ3) is 5.82. The lowest BCUT2D eigenvalue weighted by atomic mass is 10.0. The molecule has 5 nitrogen and oxygen atoms in total. The quantitative estimate of drug-likeness (QED) is 0.691. The van der Waals surface area contributed by atoms with Gasteiger partial charge in [-0.1, -0.05) is 32.0 Å². The van der Waals surface area contributed by atoms with Gasteiger partial charge < -0.3 is 9.73 Å². The molecule has 2 aromatic rings. The lowest BCUT2D eigenvalue weighted by Gasteiger charge is -2.31. The molecule has 0 bridgehead atoms. The van der Waals surface area contributed by atoms with Crippen molar-refractivity contribution in [3.63, 3.8) is 0 Å². The Hall–Kier alpha value is -2.35. The van der Waals surface area contributed by atoms with Crippen molar-refractivity contribution in [1.29, 1.82) is 0 Å². The number of alkyl halides is 3. The van der Waals surface area contributed by atoms with E-state index in [0.29, 0.717) is 24.5 Å². The van der Waals surface area contributed by atoms with Gasteiger partial charge in [0.25, 0.3) is 5.91 Å². The number of benzene rings is 1. The van der Waals surface area contributed by atoms with Gasteiger partial charge in [-0.05, 0) is 37.3 Å². The van der Waals surface area contributed by atoms with Crippen LogP contribution in [0.15, 0.2) is 34.9 Å².